The number of anilines is 1. The Labute approximate surface area is 113 Å². The van der Waals surface area contributed by atoms with Gasteiger partial charge < -0.3 is 10.3 Å². The predicted molar refractivity (Wildman–Crippen MR) is 72.1 cm³/mol. The van der Waals surface area contributed by atoms with Gasteiger partial charge in [-0.1, -0.05) is 12.1 Å². The minimum atomic E-state index is -0.422. The van der Waals surface area contributed by atoms with Crippen molar-refractivity contribution in [1.29, 1.82) is 0 Å². The number of nitrogens with one attached hydrogen (secondary N) is 2. The van der Waals surface area contributed by atoms with Crippen molar-refractivity contribution in [2.24, 2.45) is 0 Å². The van der Waals surface area contributed by atoms with Gasteiger partial charge in [0.25, 0.3) is 5.69 Å². The third kappa shape index (κ3) is 2.26. The van der Waals surface area contributed by atoms with Crippen LogP contribution in [0.2, 0.25) is 0 Å². The fourth-order valence-electron chi connectivity index (χ4n) is 1.82. The van der Waals surface area contributed by atoms with E-state index < -0.39 is 4.92 Å². The normalized spacial score (nSPS) is 10.6. The topological polar surface area (TPSA) is 110 Å². The summed E-state index contributed by atoms with van der Waals surface area (Å²) in [7, 11) is 0. The summed E-state index contributed by atoms with van der Waals surface area (Å²) in [6.07, 6.45) is 3.00. The maximum atomic E-state index is 10.6. The lowest BCUT2D eigenvalue weighted by molar-refractivity contribution is -0.384. The molecule has 0 atom stereocenters. The van der Waals surface area contributed by atoms with Gasteiger partial charge in [-0.25, -0.2) is 15.0 Å². The van der Waals surface area contributed by atoms with Crippen LogP contribution in [0.4, 0.5) is 11.5 Å². The van der Waals surface area contributed by atoms with Gasteiger partial charge in [0.1, 0.15) is 11.8 Å². The second-order valence-electron chi connectivity index (χ2n) is 4.10. The molecule has 0 amide bonds. The number of imidazole rings is 1. The fraction of sp³-hybridized carbons (Fsp3) is 0.0833. The zero-order valence-corrected chi connectivity index (χ0v) is 10.3. The molecule has 8 heteroatoms. The van der Waals surface area contributed by atoms with E-state index in [9.17, 15) is 10.1 Å². The molecule has 2 aromatic heterocycles. The Hall–Kier alpha value is -3.03. The number of fused-ring (bicyclic) bond motifs is 1. The molecule has 3 rings (SSSR count). The number of benzene rings is 1. The fourth-order valence-corrected chi connectivity index (χ4v) is 1.82. The predicted octanol–water partition coefficient (Wildman–Crippen LogP) is 1.87. The van der Waals surface area contributed by atoms with Crippen LogP contribution in [0.3, 0.4) is 0 Å². The number of hydrogen-bond acceptors (Lipinski definition) is 6. The van der Waals surface area contributed by atoms with E-state index in [1.54, 1.807) is 18.5 Å². The Bertz CT molecular complexity index is 752. The molecule has 0 aliphatic rings. The molecular formula is C12H10N6O2. The van der Waals surface area contributed by atoms with E-state index in [1.807, 2.05) is 0 Å². The lowest BCUT2D eigenvalue weighted by atomic mass is 10.2. The minimum absolute atomic E-state index is 0.0745. The van der Waals surface area contributed by atoms with E-state index in [2.05, 4.69) is 25.3 Å². The van der Waals surface area contributed by atoms with Gasteiger partial charge in [-0.2, -0.15) is 0 Å². The molecular weight excluding hydrogens is 260 g/mol. The average molecular weight is 270 g/mol. The van der Waals surface area contributed by atoms with Crippen molar-refractivity contribution in [3.8, 4) is 0 Å². The first-order valence-corrected chi connectivity index (χ1v) is 5.85. The number of H-pyrrole nitrogens is 1. The van der Waals surface area contributed by atoms with E-state index in [4.69, 9.17) is 0 Å². The summed E-state index contributed by atoms with van der Waals surface area (Å²) in [5.74, 6) is 0.620. The maximum absolute atomic E-state index is 10.6. The SMILES string of the molecule is O=[N+]([O-])c1ccc(CNc2ncnc3[nH]cnc23)cc1. The molecule has 2 heterocycles. The first kappa shape index (κ1) is 12.0. The van der Waals surface area contributed by atoms with Crippen molar-refractivity contribution in [3.05, 3.63) is 52.6 Å². The monoisotopic (exact) mass is 270 g/mol. The molecule has 0 radical (unpaired) electrons. The first-order chi connectivity index (χ1) is 9.74. The number of aromatic amines is 1. The molecule has 20 heavy (non-hydrogen) atoms. The lowest BCUT2D eigenvalue weighted by Gasteiger charge is -2.05. The highest BCUT2D eigenvalue weighted by atomic mass is 16.6. The largest absolute Gasteiger partial charge is 0.364 e. The van der Waals surface area contributed by atoms with Crippen LogP contribution in [0.25, 0.3) is 11.2 Å². The van der Waals surface area contributed by atoms with E-state index in [-0.39, 0.29) is 5.69 Å². The molecule has 0 spiro atoms. The van der Waals surface area contributed by atoms with Crippen LogP contribution in [0.5, 0.6) is 0 Å². The van der Waals surface area contributed by atoms with Gasteiger partial charge in [-0.3, -0.25) is 10.1 Å². The number of rotatable bonds is 4. The average Bonchev–Trinajstić information content (AvgIpc) is 2.94. The van der Waals surface area contributed by atoms with E-state index >= 15 is 0 Å². The van der Waals surface area contributed by atoms with Crippen molar-refractivity contribution >= 4 is 22.7 Å². The summed E-state index contributed by atoms with van der Waals surface area (Å²) in [5, 5.41) is 13.7. The molecule has 0 saturated heterocycles. The van der Waals surface area contributed by atoms with Crippen molar-refractivity contribution in [2.75, 3.05) is 5.32 Å². The van der Waals surface area contributed by atoms with Gasteiger partial charge >= 0.3 is 0 Å². The molecule has 0 aliphatic heterocycles. The number of aromatic nitrogens is 4. The van der Waals surface area contributed by atoms with Crippen molar-refractivity contribution < 1.29 is 4.92 Å². The minimum Gasteiger partial charge on any atom is -0.364 e. The second-order valence-corrected chi connectivity index (χ2v) is 4.10. The van der Waals surface area contributed by atoms with Crippen LogP contribution in [-0.4, -0.2) is 24.9 Å². The van der Waals surface area contributed by atoms with Gasteiger partial charge in [-0.15, -0.1) is 0 Å². The van der Waals surface area contributed by atoms with Gasteiger partial charge in [-0.05, 0) is 5.56 Å². The van der Waals surface area contributed by atoms with Crippen molar-refractivity contribution in [2.45, 2.75) is 6.54 Å². The van der Waals surface area contributed by atoms with Crippen LogP contribution in [0.1, 0.15) is 5.56 Å². The highest BCUT2D eigenvalue weighted by Gasteiger charge is 2.07. The molecule has 1 aromatic carbocycles. The molecule has 0 unspecified atom stereocenters. The van der Waals surface area contributed by atoms with Gasteiger partial charge in [0.05, 0.1) is 11.3 Å². The number of non-ortho nitro benzene ring substituents is 1. The lowest BCUT2D eigenvalue weighted by Crippen LogP contribution is -2.02. The quantitative estimate of drug-likeness (QED) is 0.553. The van der Waals surface area contributed by atoms with Crippen LogP contribution < -0.4 is 5.32 Å². The summed E-state index contributed by atoms with van der Waals surface area (Å²) in [4.78, 5) is 25.4. The van der Waals surface area contributed by atoms with Crippen LogP contribution in [-0.2, 0) is 6.54 Å². The summed E-state index contributed by atoms with van der Waals surface area (Å²) in [6, 6.07) is 6.35. The Kier molecular flexibility index (Phi) is 2.96. The first-order valence-electron chi connectivity index (χ1n) is 5.85. The Balaban J connectivity index is 1.76. The Morgan fingerprint density at radius 3 is 2.75 bits per heavy atom. The standard InChI is InChI=1S/C12H10N6O2/c19-18(20)9-3-1-8(2-4-9)5-13-11-10-12(15-6-14-10)17-7-16-11/h1-4,6-7H,5H2,(H2,13,14,15,16,17). The Morgan fingerprint density at radius 1 is 1.20 bits per heavy atom. The molecule has 100 valence electrons. The second kappa shape index (κ2) is 4.92. The summed E-state index contributed by atoms with van der Waals surface area (Å²) in [5.41, 5.74) is 2.31. The molecule has 0 aliphatic carbocycles. The van der Waals surface area contributed by atoms with Crippen LogP contribution in [0, 0.1) is 10.1 Å². The smallest absolute Gasteiger partial charge is 0.269 e. The van der Waals surface area contributed by atoms with Gasteiger partial charge in [0.2, 0.25) is 0 Å². The highest BCUT2D eigenvalue weighted by molar-refractivity contribution is 5.81. The van der Waals surface area contributed by atoms with Gasteiger partial charge in [0, 0.05) is 18.7 Å². The van der Waals surface area contributed by atoms with Crippen molar-refractivity contribution in [1.82, 2.24) is 19.9 Å². The third-order valence-corrected chi connectivity index (χ3v) is 2.82. The molecule has 8 nitrogen and oxygen atoms in total. The number of nitro benzene ring substituents is 1. The summed E-state index contributed by atoms with van der Waals surface area (Å²) >= 11 is 0. The maximum Gasteiger partial charge on any atom is 0.269 e. The summed E-state index contributed by atoms with van der Waals surface area (Å²) < 4.78 is 0. The third-order valence-electron chi connectivity index (χ3n) is 2.82. The summed E-state index contributed by atoms with van der Waals surface area (Å²) in [6.45, 7) is 0.497. The zero-order valence-electron chi connectivity index (χ0n) is 10.3. The van der Waals surface area contributed by atoms with Crippen LogP contribution in [0.15, 0.2) is 36.9 Å². The number of nitrogens with zero attached hydrogens (tertiary/aromatic N) is 4. The molecule has 0 bridgehead atoms. The van der Waals surface area contributed by atoms with E-state index in [1.165, 1.54) is 18.5 Å². The van der Waals surface area contributed by atoms with Gasteiger partial charge in [0.15, 0.2) is 11.5 Å². The van der Waals surface area contributed by atoms with E-state index in [0.29, 0.717) is 23.5 Å². The van der Waals surface area contributed by atoms with Crippen molar-refractivity contribution in [3.63, 3.8) is 0 Å². The number of hydrogen-bond donors (Lipinski definition) is 2. The molecule has 0 fully saturated rings. The zero-order chi connectivity index (χ0) is 13.9. The highest BCUT2D eigenvalue weighted by Crippen LogP contribution is 2.16. The Morgan fingerprint density at radius 2 is 2.00 bits per heavy atom. The van der Waals surface area contributed by atoms with Crippen LogP contribution >= 0.6 is 0 Å². The molecule has 2 N–H and O–H groups in total. The molecule has 3 aromatic rings. The number of nitro groups is 1. The molecule has 0 saturated carbocycles. The van der Waals surface area contributed by atoms with E-state index in [0.717, 1.165) is 5.56 Å².